The van der Waals surface area contributed by atoms with E-state index in [1.165, 1.54) is 44.9 Å². The number of phosphoric acid groups is 1. The van der Waals surface area contributed by atoms with Crippen LogP contribution in [0.5, 0.6) is 0 Å². The predicted octanol–water partition coefficient (Wildman–Crippen LogP) is 11.7. The first kappa shape index (κ1) is 51.7. The first-order valence-electron chi connectivity index (χ1n) is 21.0. The molecular formula is C44H79NO8P+. The van der Waals surface area contributed by atoms with Gasteiger partial charge in [0.2, 0.25) is 0 Å². The van der Waals surface area contributed by atoms with Crippen LogP contribution in [0.25, 0.3) is 0 Å². The summed E-state index contributed by atoms with van der Waals surface area (Å²) < 4.78 is 34.2. The van der Waals surface area contributed by atoms with Gasteiger partial charge in [0.1, 0.15) is 19.8 Å². The molecule has 1 N–H and O–H groups in total. The Bertz CT molecular complexity index is 1110. The lowest BCUT2D eigenvalue weighted by Crippen LogP contribution is -2.37. The molecule has 0 spiro atoms. The van der Waals surface area contributed by atoms with E-state index in [4.69, 9.17) is 18.5 Å². The molecule has 312 valence electrons. The highest BCUT2D eigenvalue weighted by molar-refractivity contribution is 7.47. The molecule has 0 aliphatic rings. The average molecular weight is 781 g/mol. The van der Waals surface area contributed by atoms with Crippen LogP contribution in [0.1, 0.15) is 155 Å². The molecule has 1 unspecified atom stereocenters. The van der Waals surface area contributed by atoms with Gasteiger partial charge in [0, 0.05) is 12.8 Å². The van der Waals surface area contributed by atoms with Crippen molar-refractivity contribution in [3.05, 3.63) is 60.8 Å². The summed E-state index contributed by atoms with van der Waals surface area (Å²) in [7, 11) is 1.43. The molecule has 0 fully saturated rings. The zero-order valence-electron chi connectivity index (χ0n) is 34.9. The molecule has 0 aromatic carbocycles. The van der Waals surface area contributed by atoms with Crippen molar-refractivity contribution in [2.24, 2.45) is 0 Å². The second kappa shape index (κ2) is 36.4. The molecule has 0 saturated carbocycles. The summed E-state index contributed by atoms with van der Waals surface area (Å²) in [6.07, 6.45) is 42.7. The van der Waals surface area contributed by atoms with E-state index < -0.39 is 32.5 Å². The molecule has 10 heteroatoms. The number of ether oxygens (including phenoxy) is 2. The van der Waals surface area contributed by atoms with Crippen molar-refractivity contribution in [1.29, 1.82) is 0 Å². The van der Waals surface area contributed by atoms with E-state index in [0.717, 1.165) is 70.6 Å². The SMILES string of the molecule is CCCCC/C=C\C/C=C\C/C=C\CCCCC(=O)O[C@H](COC(=O)CCCCCCC/C=C\C/C=C\CCCCC)COP(=O)(O)OCC[N+](C)(C)C. The Morgan fingerprint density at radius 1 is 0.574 bits per heavy atom. The molecule has 0 aliphatic carbocycles. The molecule has 0 heterocycles. The molecule has 0 radical (unpaired) electrons. The molecule has 0 aromatic heterocycles. The first-order valence-corrected chi connectivity index (χ1v) is 22.5. The fraction of sp³-hybridized carbons (Fsp3) is 0.727. The van der Waals surface area contributed by atoms with Gasteiger partial charge in [-0.1, -0.05) is 120 Å². The number of esters is 2. The quantitative estimate of drug-likeness (QED) is 0.0218. The maximum Gasteiger partial charge on any atom is 0.472 e. The lowest BCUT2D eigenvalue weighted by atomic mass is 10.1. The van der Waals surface area contributed by atoms with Gasteiger partial charge < -0.3 is 18.9 Å². The van der Waals surface area contributed by atoms with Crippen molar-refractivity contribution < 1.29 is 42.1 Å². The number of unbranched alkanes of at least 4 members (excludes halogenated alkanes) is 13. The van der Waals surface area contributed by atoms with E-state index in [2.05, 4.69) is 74.6 Å². The molecule has 54 heavy (non-hydrogen) atoms. The maximum absolute atomic E-state index is 12.6. The molecule has 0 aromatic rings. The molecule has 2 atom stereocenters. The van der Waals surface area contributed by atoms with Gasteiger partial charge in [-0.2, -0.15) is 0 Å². The predicted molar refractivity (Wildman–Crippen MR) is 224 cm³/mol. The molecule has 0 rings (SSSR count). The Hall–Kier alpha value is -2.29. The zero-order valence-corrected chi connectivity index (χ0v) is 35.8. The average Bonchev–Trinajstić information content (AvgIpc) is 3.12. The summed E-state index contributed by atoms with van der Waals surface area (Å²) in [4.78, 5) is 35.3. The second-order valence-electron chi connectivity index (χ2n) is 15.0. The molecule has 9 nitrogen and oxygen atoms in total. The number of nitrogens with zero attached hydrogens (tertiary/aromatic N) is 1. The Kier molecular flexibility index (Phi) is 34.8. The van der Waals surface area contributed by atoms with Gasteiger partial charge in [-0.15, -0.1) is 0 Å². The summed E-state index contributed by atoms with van der Waals surface area (Å²) in [5.41, 5.74) is 0. The number of hydrogen-bond acceptors (Lipinski definition) is 7. The van der Waals surface area contributed by atoms with E-state index in [9.17, 15) is 19.0 Å². The summed E-state index contributed by atoms with van der Waals surface area (Å²) in [5.74, 6) is -0.865. The van der Waals surface area contributed by atoms with Gasteiger partial charge in [-0.25, -0.2) is 4.57 Å². The number of allylic oxidation sites excluding steroid dienone is 10. The van der Waals surface area contributed by atoms with Crippen LogP contribution in [0.2, 0.25) is 0 Å². The fourth-order valence-corrected chi connectivity index (χ4v) is 5.91. The van der Waals surface area contributed by atoms with Crippen molar-refractivity contribution in [2.75, 3.05) is 47.5 Å². The van der Waals surface area contributed by atoms with Crippen molar-refractivity contribution in [2.45, 2.75) is 161 Å². The zero-order chi connectivity index (χ0) is 40.0. The van der Waals surface area contributed by atoms with Gasteiger partial charge in [-0.3, -0.25) is 18.6 Å². The molecular weight excluding hydrogens is 701 g/mol. The highest BCUT2D eigenvalue weighted by atomic mass is 31.2. The normalized spacial score (nSPS) is 14.3. The number of rotatable bonds is 37. The third-order valence-electron chi connectivity index (χ3n) is 8.52. The van der Waals surface area contributed by atoms with Crippen molar-refractivity contribution in [3.8, 4) is 0 Å². The summed E-state index contributed by atoms with van der Waals surface area (Å²) in [6, 6.07) is 0. The Morgan fingerprint density at radius 3 is 1.52 bits per heavy atom. The van der Waals surface area contributed by atoms with Gasteiger partial charge in [0.25, 0.3) is 0 Å². The van der Waals surface area contributed by atoms with E-state index in [-0.39, 0.29) is 26.1 Å². The van der Waals surface area contributed by atoms with Crippen LogP contribution in [0.15, 0.2) is 60.8 Å². The summed E-state index contributed by atoms with van der Waals surface area (Å²) >= 11 is 0. The number of carbonyl (C=O) groups is 2. The molecule has 0 aliphatic heterocycles. The van der Waals surface area contributed by atoms with E-state index in [0.29, 0.717) is 23.9 Å². The topological polar surface area (TPSA) is 108 Å². The van der Waals surface area contributed by atoms with Gasteiger partial charge in [0.15, 0.2) is 6.10 Å². The molecule has 0 saturated heterocycles. The van der Waals surface area contributed by atoms with Crippen LogP contribution in [0.3, 0.4) is 0 Å². The van der Waals surface area contributed by atoms with Crippen LogP contribution < -0.4 is 0 Å². The Labute approximate surface area is 330 Å². The van der Waals surface area contributed by atoms with Crippen LogP contribution in [0.4, 0.5) is 0 Å². The smallest absolute Gasteiger partial charge is 0.462 e. The molecule has 0 amide bonds. The van der Waals surface area contributed by atoms with Crippen LogP contribution in [-0.2, 0) is 32.7 Å². The van der Waals surface area contributed by atoms with Gasteiger partial charge in [-0.05, 0) is 83.5 Å². The van der Waals surface area contributed by atoms with Crippen LogP contribution in [-0.4, -0.2) is 74.9 Å². The standard InChI is InChI=1S/C44H78NO8P/c1-6-8-10-12-14-16-18-20-22-24-26-28-30-32-34-36-43(46)50-40-42(41-52-54(48,49)51-39-38-45(3,4)5)53-44(47)37-35-33-31-29-27-25-23-21-19-17-15-13-11-9-7-2/h14-17,20-23,27,29,42H,6-13,18-19,24-26,28,30-41H2,1-5H3/p+1/b16-14-,17-15-,22-20-,23-21-,29-27-/t42-/m1/s1. The largest absolute Gasteiger partial charge is 0.472 e. The van der Waals surface area contributed by atoms with E-state index >= 15 is 0 Å². The maximum atomic E-state index is 12.6. The highest BCUT2D eigenvalue weighted by Crippen LogP contribution is 2.43. The third-order valence-corrected chi connectivity index (χ3v) is 9.50. The fourth-order valence-electron chi connectivity index (χ4n) is 5.17. The monoisotopic (exact) mass is 781 g/mol. The lowest BCUT2D eigenvalue weighted by Gasteiger charge is -2.24. The Morgan fingerprint density at radius 2 is 1.00 bits per heavy atom. The van der Waals surface area contributed by atoms with Crippen LogP contribution in [0, 0.1) is 0 Å². The van der Waals surface area contributed by atoms with Crippen LogP contribution >= 0.6 is 7.82 Å². The lowest BCUT2D eigenvalue weighted by molar-refractivity contribution is -0.870. The minimum absolute atomic E-state index is 0.0194. The van der Waals surface area contributed by atoms with Gasteiger partial charge >= 0.3 is 19.8 Å². The number of hydrogen-bond donors (Lipinski definition) is 1. The minimum atomic E-state index is -4.39. The highest BCUT2D eigenvalue weighted by Gasteiger charge is 2.27. The second-order valence-corrected chi connectivity index (χ2v) is 16.5. The first-order chi connectivity index (χ1) is 26.0. The van der Waals surface area contributed by atoms with Crippen molar-refractivity contribution in [1.82, 2.24) is 0 Å². The number of likely N-dealkylation sites (N-methyl/N-ethyl adjacent to an activating group) is 1. The number of phosphoric ester groups is 1. The van der Waals surface area contributed by atoms with Gasteiger partial charge in [0.05, 0.1) is 27.7 Å². The van der Waals surface area contributed by atoms with Crippen molar-refractivity contribution in [3.63, 3.8) is 0 Å². The van der Waals surface area contributed by atoms with Crippen molar-refractivity contribution >= 4 is 19.8 Å². The summed E-state index contributed by atoms with van der Waals surface area (Å²) in [5, 5.41) is 0. The Balaban J connectivity index is 4.50. The van der Waals surface area contributed by atoms with E-state index in [1.807, 2.05) is 21.1 Å². The molecule has 0 bridgehead atoms. The third kappa shape index (κ3) is 39.4. The number of quaternary nitrogens is 1. The van der Waals surface area contributed by atoms with E-state index in [1.54, 1.807) is 0 Å². The number of carbonyl (C=O) groups excluding carboxylic acids is 2. The minimum Gasteiger partial charge on any atom is -0.462 e. The summed E-state index contributed by atoms with van der Waals surface area (Å²) in [6.45, 7) is 4.28.